The summed E-state index contributed by atoms with van der Waals surface area (Å²) in [6.45, 7) is 10.4. The molecule has 16 heavy (non-hydrogen) atoms. The maximum Gasteiger partial charge on any atom is 0.122 e. The molecule has 0 saturated carbocycles. The number of aryl methyl sites for hydroxylation is 1. The molecule has 0 aliphatic rings. The van der Waals surface area contributed by atoms with E-state index in [1.54, 1.807) is 7.11 Å². The van der Waals surface area contributed by atoms with Gasteiger partial charge in [0.25, 0.3) is 0 Å². The Morgan fingerprint density at radius 1 is 1.00 bits per heavy atom. The van der Waals surface area contributed by atoms with E-state index >= 15 is 0 Å². The van der Waals surface area contributed by atoms with Gasteiger partial charge < -0.3 is 4.74 Å². The van der Waals surface area contributed by atoms with Crippen molar-refractivity contribution in [1.29, 1.82) is 0 Å². The molecule has 0 amide bonds. The van der Waals surface area contributed by atoms with Crippen molar-refractivity contribution >= 4 is 0 Å². The van der Waals surface area contributed by atoms with Crippen LogP contribution < -0.4 is 4.74 Å². The number of methoxy groups -OCH3 is 1. The van der Waals surface area contributed by atoms with Crippen molar-refractivity contribution in [3.63, 3.8) is 0 Å². The summed E-state index contributed by atoms with van der Waals surface area (Å²) in [4.78, 5) is 0. The van der Waals surface area contributed by atoms with Crippen LogP contribution >= 0.6 is 0 Å². The fourth-order valence-electron chi connectivity index (χ4n) is 1.18. The number of ether oxygens (including phenoxy) is 1. The second-order valence-corrected chi connectivity index (χ2v) is 3.27. The Morgan fingerprint density at radius 3 is 1.94 bits per heavy atom. The zero-order valence-electron chi connectivity index (χ0n) is 11.8. The highest BCUT2D eigenvalue weighted by Crippen LogP contribution is 2.18. The van der Waals surface area contributed by atoms with Crippen molar-refractivity contribution in [2.24, 2.45) is 0 Å². The molecular weight excluding hydrogens is 196 g/mol. The van der Waals surface area contributed by atoms with Crippen LogP contribution in [0.2, 0.25) is 0 Å². The van der Waals surface area contributed by atoms with E-state index in [4.69, 9.17) is 4.74 Å². The summed E-state index contributed by atoms with van der Waals surface area (Å²) in [5.74, 6) is 1.01. The normalized spacial score (nSPS) is 8.12. The van der Waals surface area contributed by atoms with E-state index < -0.39 is 0 Å². The Hall–Kier alpha value is -0.980. The lowest BCUT2D eigenvalue weighted by molar-refractivity contribution is 0.409. The molecule has 0 fully saturated rings. The summed E-state index contributed by atoms with van der Waals surface area (Å²) in [6, 6.07) is 8.17. The van der Waals surface area contributed by atoms with Crippen LogP contribution in [0.25, 0.3) is 0 Å². The summed E-state index contributed by atoms with van der Waals surface area (Å²) in [6.07, 6.45) is 3.52. The number of rotatable bonds is 3. The molecule has 0 heterocycles. The SMILES string of the molecule is CC.CCC.CCCc1ccccc1OC. The molecule has 1 nitrogen and oxygen atoms in total. The first-order chi connectivity index (χ1) is 7.79. The molecule has 1 aromatic carbocycles. The molecule has 0 aliphatic carbocycles. The molecule has 0 bridgehead atoms. The van der Waals surface area contributed by atoms with Crippen LogP contribution in [0.5, 0.6) is 5.75 Å². The van der Waals surface area contributed by atoms with E-state index in [9.17, 15) is 0 Å². The van der Waals surface area contributed by atoms with Gasteiger partial charge in [0.2, 0.25) is 0 Å². The standard InChI is InChI=1S/C10H14O.C3H8.C2H6/c1-3-6-9-7-4-5-8-10(9)11-2;1-3-2;1-2/h4-5,7-8H,3,6H2,1-2H3;3H2,1-2H3;1-2H3. The fourth-order valence-corrected chi connectivity index (χ4v) is 1.18. The number of hydrogen-bond acceptors (Lipinski definition) is 1. The summed E-state index contributed by atoms with van der Waals surface area (Å²) < 4.78 is 5.20. The van der Waals surface area contributed by atoms with Gasteiger partial charge in [-0.2, -0.15) is 0 Å². The van der Waals surface area contributed by atoms with E-state index in [1.807, 2.05) is 32.0 Å². The molecule has 94 valence electrons. The molecule has 0 atom stereocenters. The van der Waals surface area contributed by atoms with Crippen molar-refractivity contribution in [3.05, 3.63) is 29.8 Å². The van der Waals surface area contributed by atoms with Gasteiger partial charge in [-0.15, -0.1) is 0 Å². The monoisotopic (exact) mass is 224 g/mol. The Labute approximate surface area is 102 Å². The van der Waals surface area contributed by atoms with E-state index in [2.05, 4.69) is 26.8 Å². The second-order valence-electron chi connectivity index (χ2n) is 3.27. The fraction of sp³-hybridized carbons (Fsp3) is 0.600. The van der Waals surface area contributed by atoms with Crippen LogP contribution in [-0.4, -0.2) is 7.11 Å². The smallest absolute Gasteiger partial charge is 0.122 e. The highest BCUT2D eigenvalue weighted by Gasteiger charge is 1.97. The third-order valence-corrected chi connectivity index (χ3v) is 1.71. The van der Waals surface area contributed by atoms with Crippen LogP contribution in [0.3, 0.4) is 0 Å². The van der Waals surface area contributed by atoms with Crippen molar-refractivity contribution in [3.8, 4) is 5.75 Å². The predicted octanol–water partition coefficient (Wildman–Crippen LogP) is 5.09. The van der Waals surface area contributed by atoms with Gasteiger partial charge in [0, 0.05) is 0 Å². The average molecular weight is 224 g/mol. The first-order valence-electron chi connectivity index (χ1n) is 6.41. The summed E-state index contributed by atoms with van der Waals surface area (Å²) in [5.41, 5.74) is 1.30. The lowest BCUT2D eigenvalue weighted by atomic mass is 10.1. The maximum atomic E-state index is 5.20. The van der Waals surface area contributed by atoms with Gasteiger partial charge in [-0.25, -0.2) is 0 Å². The lowest BCUT2D eigenvalue weighted by Gasteiger charge is -2.05. The van der Waals surface area contributed by atoms with Crippen molar-refractivity contribution in [1.82, 2.24) is 0 Å². The van der Waals surface area contributed by atoms with E-state index in [0.29, 0.717) is 0 Å². The largest absolute Gasteiger partial charge is 0.496 e. The maximum absolute atomic E-state index is 5.20. The van der Waals surface area contributed by atoms with Gasteiger partial charge in [0.1, 0.15) is 5.75 Å². The van der Waals surface area contributed by atoms with Gasteiger partial charge >= 0.3 is 0 Å². The molecule has 0 N–H and O–H groups in total. The minimum absolute atomic E-state index is 1.01. The minimum Gasteiger partial charge on any atom is -0.496 e. The predicted molar refractivity (Wildman–Crippen MR) is 74.3 cm³/mol. The molecule has 0 spiro atoms. The summed E-state index contributed by atoms with van der Waals surface area (Å²) in [7, 11) is 1.72. The molecule has 0 saturated heterocycles. The highest BCUT2D eigenvalue weighted by molar-refractivity contribution is 5.33. The van der Waals surface area contributed by atoms with Crippen LogP contribution in [0.15, 0.2) is 24.3 Å². The lowest BCUT2D eigenvalue weighted by Crippen LogP contribution is -1.90. The molecule has 1 heteroatoms. The molecular formula is C15H28O. The average Bonchev–Trinajstić information content (AvgIpc) is 2.34. The third kappa shape index (κ3) is 8.34. The zero-order valence-corrected chi connectivity index (χ0v) is 11.8. The third-order valence-electron chi connectivity index (χ3n) is 1.71. The van der Waals surface area contributed by atoms with E-state index in [1.165, 1.54) is 18.4 Å². The number of para-hydroxylation sites is 1. The van der Waals surface area contributed by atoms with Gasteiger partial charge in [0.15, 0.2) is 0 Å². The molecule has 0 aliphatic heterocycles. The van der Waals surface area contributed by atoms with Crippen LogP contribution in [-0.2, 0) is 6.42 Å². The van der Waals surface area contributed by atoms with E-state index in [0.717, 1.165) is 12.2 Å². The zero-order chi connectivity index (χ0) is 12.8. The number of benzene rings is 1. The van der Waals surface area contributed by atoms with E-state index in [-0.39, 0.29) is 0 Å². The van der Waals surface area contributed by atoms with Crippen LogP contribution in [0.4, 0.5) is 0 Å². The Kier molecular flexibility index (Phi) is 15.3. The molecule has 1 aromatic rings. The second kappa shape index (κ2) is 14.0. The topological polar surface area (TPSA) is 9.23 Å². The van der Waals surface area contributed by atoms with Gasteiger partial charge in [-0.1, -0.05) is 65.7 Å². The minimum atomic E-state index is 1.01. The Bertz CT molecular complexity index is 231. The van der Waals surface area contributed by atoms with Crippen LogP contribution in [0, 0.1) is 0 Å². The van der Waals surface area contributed by atoms with Crippen LogP contribution in [0.1, 0.15) is 53.0 Å². The molecule has 1 rings (SSSR count). The quantitative estimate of drug-likeness (QED) is 0.695. The van der Waals surface area contributed by atoms with Gasteiger partial charge in [-0.05, 0) is 18.1 Å². The highest BCUT2D eigenvalue weighted by atomic mass is 16.5. The van der Waals surface area contributed by atoms with Crippen molar-refractivity contribution < 1.29 is 4.74 Å². The summed E-state index contributed by atoms with van der Waals surface area (Å²) in [5, 5.41) is 0. The molecule has 0 radical (unpaired) electrons. The molecule has 0 unspecified atom stereocenters. The molecule has 0 aromatic heterocycles. The number of hydrogen-bond donors (Lipinski definition) is 0. The van der Waals surface area contributed by atoms with Gasteiger partial charge in [-0.3, -0.25) is 0 Å². The summed E-state index contributed by atoms with van der Waals surface area (Å²) >= 11 is 0. The first kappa shape index (κ1) is 17.4. The van der Waals surface area contributed by atoms with Crippen molar-refractivity contribution in [2.75, 3.05) is 7.11 Å². The van der Waals surface area contributed by atoms with Crippen molar-refractivity contribution in [2.45, 2.75) is 53.9 Å². The van der Waals surface area contributed by atoms with Gasteiger partial charge in [0.05, 0.1) is 7.11 Å². The Morgan fingerprint density at radius 2 is 1.50 bits per heavy atom. The Balaban J connectivity index is 0. The first-order valence-corrected chi connectivity index (χ1v) is 6.41.